The average Bonchev–Trinajstić information content (AvgIpc) is 1.90. The SMILES string of the molecule is [C]1=CC=COCO1. The fourth-order valence-corrected chi connectivity index (χ4v) is 0.290. The maximum absolute atomic E-state index is 4.70. The molecule has 2 heteroatoms. The van der Waals surface area contributed by atoms with Crippen LogP contribution in [-0.4, -0.2) is 6.79 Å². The summed E-state index contributed by atoms with van der Waals surface area (Å²) in [5.74, 6) is 0. The fourth-order valence-electron chi connectivity index (χ4n) is 0.290. The van der Waals surface area contributed by atoms with Gasteiger partial charge in [0.15, 0.2) is 6.26 Å². The summed E-state index contributed by atoms with van der Waals surface area (Å²) in [4.78, 5) is 0. The Morgan fingerprint density at radius 2 is 2.57 bits per heavy atom. The van der Waals surface area contributed by atoms with Gasteiger partial charge in [-0.25, -0.2) is 0 Å². The number of hydrogen-bond donors (Lipinski definition) is 0. The quantitative estimate of drug-likeness (QED) is 0.445. The van der Waals surface area contributed by atoms with Crippen LogP contribution in [0.5, 0.6) is 0 Å². The summed E-state index contributed by atoms with van der Waals surface area (Å²) in [6, 6.07) is 0. The molecule has 0 atom stereocenters. The van der Waals surface area contributed by atoms with Crippen molar-refractivity contribution in [3.63, 3.8) is 0 Å². The van der Waals surface area contributed by atoms with Crippen molar-refractivity contribution in [1.82, 2.24) is 0 Å². The van der Waals surface area contributed by atoms with Gasteiger partial charge in [-0.15, -0.1) is 0 Å². The van der Waals surface area contributed by atoms with Crippen LogP contribution in [0, 0.1) is 6.26 Å². The van der Waals surface area contributed by atoms with Gasteiger partial charge in [-0.1, -0.05) is 0 Å². The van der Waals surface area contributed by atoms with Crippen LogP contribution in [0.3, 0.4) is 0 Å². The lowest BCUT2D eigenvalue weighted by atomic mass is 10.6. The molecule has 0 amide bonds. The summed E-state index contributed by atoms with van der Waals surface area (Å²) in [7, 11) is 0. The zero-order chi connectivity index (χ0) is 4.95. The van der Waals surface area contributed by atoms with Crippen LogP contribution in [0.2, 0.25) is 0 Å². The smallest absolute Gasteiger partial charge is 0.230 e. The van der Waals surface area contributed by atoms with E-state index in [4.69, 9.17) is 4.74 Å². The Hall–Kier alpha value is -0.920. The van der Waals surface area contributed by atoms with E-state index in [1.54, 1.807) is 18.4 Å². The highest BCUT2D eigenvalue weighted by molar-refractivity contribution is 4.93. The lowest BCUT2D eigenvalue weighted by Crippen LogP contribution is -1.84. The molecule has 1 radical (unpaired) electrons. The molecule has 0 aliphatic carbocycles. The van der Waals surface area contributed by atoms with Gasteiger partial charge in [-0.3, -0.25) is 0 Å². The van der Waals surface area contributed by atoms with Crippen molar-refractivity contribution in [2.24, 2.45) is 0 Å². The van der Waals surface area contributed by atoms with Crippen molar-refractivity contribution in [3.8, 4) is 0 Å². The highest BCUT2D eigenvalue weighted by Crippen LogP contribution is 1.87. The zero-order valence-corrected chi connectivity index (χ0v) is 3.76. The Bertz CT molecular complexity index is 82.3. The Morgan fingerprint density at radius 1 is 1.57 bits per heavy atom. The molecule has 7 heavy (non-hydrogen) atoms. The Kier molecular flexibility index (Phi) is 1.39. The first-order valence-electron chi connectivity index (χ1n) is 1.97. The summed E-state index contributed by atoms with van der Waals surface area (Å²) < 4.78 is 9.30. The van der Waals surface area contributed by atoms with Crippen molar-refractivity contribution < 1.29 is 9.47 Å². The van der Waals surface area contributed by atoms with Crippen LogP contribution >= 0.6 is 0 Å². The predicted molar refractivity (Wildman–Crippen MR) is 24.0 cm³/mol. The molecule has 1 aliphatic rings. The van der Waals surface area contributed by atoms with Gasteiger partial charge >= 0.3 is 0 Å². The summed E-state index contributed by atoms with van der Waals surface area (Å²) in [6.07, 6.45) is 7.43. The molecule has 0 aromatic carbocycles. The first-order valence-corrected chi connectivity index (χ1v) is 1.97. The standard InChI is InChI=1S/C5H5O2/c1-2-4-7-5-6-3-1/h1-3H,5H2. The molecular formula is C5H5O2. The van der Waals surface area contributed by atoms with E-state index >= 15 is 0 Å². The second kappa shape index (κ2) is 2.29. The lowest BCUT2D eigenvalue weighted by molar-refractivity contribution is 0.0386. The van der Waals surface area contributed by atoms with E-state index in [9.17, 15) is 0 Å². The van der Waals surface area contributed by atoms with E-state index in [0.29, 0.717) is 0 Å². The summed E-state index contributed by atoms with van der Waals surface area (Å²) in [5, 5.41) is 0. The van der Waals surface area contributed by atoms with E-state index in [1.165, 1.54) is 0 Å². The van der Waals surface area contributed by atoms with E-state index in [0.717, 1.165) is 0 Å². The van der Waals surface area contributed by atoms with Gasteiger partial charge in [0.05, 0.1) is 6.26 Å². The van der Waals surface area contributed by atoms with Gasteiger partial charge in [0.2, 0.25) is 6.79 Å². The topological polar surface area (TPSA) is 18.5 Å². The molecule has 1 aliphatic heterocycles. The van der Waals surface area contributed by atoms with Crippen LogP contribution in [0.4, 0.5) is 0 Å². The fraction of sp³-hybridized carbons (Fsp3) is 0.200. The van der Waals surface area contributed by atoms with Gasteiger partial charge in [0, 0.05) is 0 Å². The number of ether oxygens (including phenoxy) is 2. The molecule has 1 rings (SSSR count). The maximum Gasteiger partial charge on any atom is 0.230 e. The first-order chi connectivity index (χ1) is 3.50. The molecule has 0 aromatic rings. The number of allylic oxidation sites excluding steroid dienone is 2. The normalized spacial score (nSPS) is 17.1. The monoisotopic (exact) mass is 97.0 g/mol. The predicted octanol–water partition coefficient (Wildman–Crippen LogP) is 0.821. The molecule has 0 aromatic heterocycles. The van der Waals surface area contributed by atoms with Crippen molar-refractivity contribution >= 4 is 0 Å². The van der Waals surface area contributed by atoms with Gasteiger partial charge in [-0.2, -0.15) is 0 Å². The lowest BCUT2D eigenvalue weighted by Gasteiger charge is -1.92. The van der Waals surface area contributed by atoms with Crippen LogP contribution < -0.4 is 0 Å². The molecule has 0 unspecified atom stereocenters. The minimum absolute atomic E-state index is 0.271. The summed E-state index contributed by atoms with van der Waals surface area (Å²) in [6.45, 7) is 0.271. The molecule has 1 heterocycles. The van der Waals surface area contributed by atoms with E-state index in [1.807, 2.05) is 0 Å². The molecule has 0 N–H and O–H groups in total. The van der Waals surface area contributed by atoms with Crippen molar-refractivity contribution in [3.05, 3.63) is 24.7 Å². The first kappa shape index (κ1) is 4.24. The molecule has 0 spiro atoms. The second-order valence-corrected chi connectivity index (χ2v) is 1.04. The highest BCUT2D eigenvalue weighted by atomic mass is 16.7. The summed E-state index contributed by atoms with van der Waals surface area (Å²) >= 11 is 0. The molecule has 0 saturated heterocycles. The van der Waals surface area contributed by atoms with E-state index in [-0.39, 0.29) is 6.79 Å². The Labute approximate surface area is 42.0 Å². The number of rotatable bonds is 0. The highest BCUT2D eigenvalue weighted by Gasteiger charge is 1.79. The Balaban J connectivity index is 2.39. The minimum Gasteiger partial charge on any atom is -0.465 e. The van der Waals surface area contributed by atoms with Crippen LogP contribution in [0.15, 0.2) is 18.4 Å². The van der Waals surface area contributed by atoms with E-state index < -0.39 is 0 Å². The van der Waals surface area contributed by atoms with Gasteiger partial charge in [0.1, 0.15) is 0 Å². The minimum atomic E-state index is 0.271. The second-order valence-electron chi connectivity index (χ2n) is 1.04. The number of hydrogen-bond acceptors (Lipinski definition) is 2. The molecule has 37 valence electrons. The van der Waals surface area contributed by atoms with Crippen LogP contribution in [0.1, 0.15) is 0 Å². The van der Waals surface area contributed by atoms with Crippen LogP contribution in [0.25, 0.3) is 0 Å². The van der Waals surface area contributed by atoms with E-state index in [2.05, 4.69) is 11.0 Å². The molecule has 0 saturated carbocycles. The molecule has 0 fully saturated rings. The summed E-state index contributed by atoms with van der Waals surface area (Å²) in [5.41, 5.74) is 0. The van der Waals surface area contributed by atoms with Crippen molar-refractivity contribution in [2.75, 3.05) is 6.79 Å². The maximum atomic E-state index is 4.70. The largest absolute Gasteiger partial charge is 0.465 e. The van der Waals surface area contributed by atoms with Crippen molar-refractivity contribution in [1.29, 1.82) is 0 Å². The third-order valence-corrected chi connectivity index (χ3v) is 0.549. The third kappa shape index (κ3) is 1.30. The van der Waals surface area contributed by atoms with Crippen molar-refractivity contribution in [2.45, 2.75) is 0 Å². The molecule has 2 nitrogen and oxygen atoms in total. The zero-order valence-electron chi connectivity index (χ0n) is 3.76. The van der Waals surface area contributed by atoms with Crippen LogP contribution in [-0.2, 0) is 9.47 Å². The van der Waals surface area contributed by atoms with Gasteiger partial charge in [-0.05, 0) is 12.2 Å². The molecular weight excluding hydrogens is 92.1 g/mol. The van der Waals surface area contributed by atoms with Gasteiger partial charge < -0.3 is 9.47 Å². The Morgan fingerprint density at radius 3 is 3.57 bits per heavy atom. The third-order valence-electron chi connectivity index (χ3n) is 0.549. The van der Waals surface area contributed by atoms with Gasteiger partial charge in [0.25, 0.3) is 0 Å². The molecule has 0 bridgehead atoms. The average molecular weight is 97.1 g/mol.